The highest BCUT2D eigenvalue weighted by molar-refractivity contribution is 6.30. The molecule has 2 rings (SSSR count). The summed E-state index contributed by atoms with van der Waals surface area (Å²) in [7, 11) is 0. The number of aromatic nitrogens is 1. The second-order valence-electron chi connectivity index (χ2n) is 3.53. The number of rotatable bonds is 3. The summed E-state index contributed by atoms with van der Waals surface area (Å²) in [5.41, 5.74) is 1.04. The zero-order valence-electron chi connectivity index (χ0n) is 9.14. The minimum absolute atomic E-state index is 0.182. The van der Waals surface area contributed by atoms with Crippen LogP contribution >= 0.6 is 11.6 Å². The lowest BCUT2D eigenvalue weighted by atomic mass is 10.1. The van der Waals surface area contributed by atoms with Gasteiger partial charge in [-0.15, -0.1) is 0 Å². The molecule has 0 N–H and O–H groups in total. The lowest BCUT2D eigenvalue weighted by Crippen LogP contribution is -2.00. The van der Waals surface area contributed by atoms with Gasteiger partial charge in [-0.1, -0.05) is 23.7 Å². The van der Waals surface area contributed by atoms with Crippen LogP contribution in [0.5, 0.6) is 5.88 Å². The molecule has 1 aromatic heterocycles. The van der Waals surface area contributed by atoms with Gasteiger partial charge in [0, 0.05) is 24.4 Å². The maximum Gasteiger partial charge on any atom is 0.309 e. The van der Waals surface area contributed by atoms with E-state index in [1.165, 1.54) is 6.92 Å². The summed E-state index contributed by atoms with van der Waals surface area (Å²) in [5.74, 6) is 0.390. The van der Waals surface area contributed by atoms with Crippen LogP contribution in [0.25, 0.3) is 0 Å². The van der Waals surface area contributed by atoms with Crippen molar-refractivity contribution in [2.75, 3.05) is 0 Å². The zero-order chi connectivity index (χ0) is 12.3. The average molecular weight is 252 g/mol. The first kappa shape index (κ1) is 11.7. The Hall–Kier alpha value is -1.81. The molecule has 0 aliphatic heterocycles. The first-order valence-electron chi connectivity index (χ1n) is 5.02. The molecule has 0 atom stereocenters. The molecule has 0 saturated heterocycles. The van der Waals surface area contributed by atoms with Gasteiger partial charge in [0.1, 0.15) is 5.76 Å². The monoisotopic (exact) mass is 251 g/mol. The molecule has 0 unspecified atom stereocenters. The SMILES string of the molecule is CC(=O)Oc1cc(Cc2ccc(Cl)cc2)on1. The quantitative estimate of drug-likeness (QED) is 0.787. The largest absolute Gasteiger partial charge is 0.404 e. The van der Waals surface area contributed by atoms with Crippen molar-refractivity contribution in [2.24, 2.45) is 0 Å². The van der Waals surface area contributed by atoms with E-state index < -0.39 is 5.97 Å². The predicted octanol–water partition coefficient (Wildman–Crippen LogP) is 2.84. The molecule has 0 spiro atoms. The fraction of sp³-hybridized carbons (Fsp3) is 0.167. The summed E-state index contributed by atoms with van der Waals surface area (Å²) in [4.78, 5) is 10.7. The molecule has 0 saturated carbocycles. The van der Waals surface area contributed by atoms with Gasteiger partial charge in [-0.3, -0.25) is 4.79 Å². The van der Waals surface area contributed by atoms with E-state index in [0.29, 0.717) is 17.2 Å². The van der Waals surface area contributed by atoms with Crippen molar-refractivity contribution in [2.45, 2.75) is 13.3 Å². The zero-order valence-corrected chi connectivity index (χ0v) is 9.90. The van der Waals surface area contributed by atoms with Crippen molar-refractivity contribution in [1.82, 2.24) is 5.16 Å². The van der Waals surface area contributed by atoms with E-state index in [0.717, 1.165) is 5.56 Å². The standard InChI is InChI=1S/C12H10ClNO3/c1-8(15)16-12-7-11(17-14-12)6-9-2-4-10(13)5-3-9/h2-5,7H,6H2,1H3. The summed E-state index contributed by atoms with van der Waals surface area (Å²) >= 11 is 5.78. The number of halogens is 1. The Morgan fingerprint density at radius 3 is 2.76 bits per heavy atom. The van der Waals surface area contributed by atoms with Gasteiger partial charge in [0.05, 0.1) is 0 Å². The van der Waals surface area contributed by atoms with Gasteiger partial charge in [-0.05, 0) is 22.9 Å². The Balaban J connectivity index is 2.06. The van der Waals surface area contributed by atoms with Crippen LogP contribution in [-0.2, 0) is 11.2 Å². The molecule has 0 amide bonds. The van der Waals surface area contributed by atoms with Crippen molar-refractivity contribution >= 4 is 17.6 Å². The number of carbonyl (C=O) groups is 1. The van der Waals surface area contributed by atoms with Crippen LogP contribution in [0.3, 0.4) is 0 Å². The maximum absolute atomic E-state index is 10.7. The summed E-state index contributed by atoms with van der Waals surface area (Å²) in [6.07, 6.45) is 0.575. The summed E-state index contributed by atoms with van der Waals surface area (Å²) in [5, 5.41) is 4.31. The van der Waals surface area contributed by atoms with Crippen molar-refractivity contribution < 1.29 is 14.1 Å². The number of hydrogen-bond acceptors (Lipinski definition) is 4. The molecule has 0 aliphatic rings. The Kier molecular flexibility index (Phi) is 3.44. The highest BCUT2D eigenvalue weighted by atomic mass is 35.5. The Morgan fingerprint density at radius 1 is 1.41 bits per heavy atom. The molecular formula is C12H10ClNO3. The van der Waals surface area contributed by atoms with Crippen LogP contribution < -0.4 is 4.74 Å². The number of hydrogen-bond donors (Lipinski definition) is 0. The van der Waals surface area contributed by atoms with E-state index in [1.54, 1.807) is 18.2 Å². The molecule has 1 heterocycles. The fourth-order valence-electron chi connectivity index (χ4n) is 1.38. The fourth-order valence-corrected chi connectivity index (χ4v) is 1.50. The van der Waals surface area contributed by atoms with Crippen molar-refractivity contribution in [1.29, 1.82) is 0 Å². The molecule has 4 nitrogen and oxygen atoms in total. The normalized spacial score (nSPS) is 10.2. The lowest BCUT2D eigenvalue weighted by molar-refractivity contribution is -0.132. The van der Waals surface area contributed by atoms with Gasteiger partial charge in [0.2, 0.25) is 0 Å². The Bertz CT molecular complexity index is 519. The molecule has 0 aliphatic carbocycles. The molecule has 0 bridgehead atoms. The molecule has 1 aromatic carbocycles. The molecule has 0 radical (unpaired) electrons. The predicted molar refractivity (Wildman–Crippen MR) is 62.1 cm³/mol. The number of ether oxygens (including phenoxy) is 1. The average Bonchev–Trinajstić information content (AvgIpc) is 2.68. The minimum atomic E-state index is -0.420. The molecule has 0 fully saturated rings. The van der Waals surface area contributed by atoms with E-state index in [-0.39, 0.29) is 5.88 Å². The van der Waals surface area contributed by atoms with Gasteiger partial charge >= 0.3 is 5.97 Å². The number of esters is 1. The van der Waals surface area contributed by atoms with Crippen LogP contribution in [0.4, 0.5) is 0 Å². The van der Waals surface area contributed by atoms with E-state index in [9.17, 15) is 4.79 Å². The van der Waals surface area contributed by atoms with Gasteiger partial charge in [0.25, 0.3) is 5.88 Å². The number of nitrogens with zero attached hydrogens (tertiary/aromatic N) is 1. The third kappa shape index (κ3) is 3.32. The second-order valence-corrected chi connectivity index (χ2v) is 3.96. The minimum Gasteiger partial charge on any atom is -0.404 e. The Morgan fingerprint density at radius 2 is 2.12 bits per heavy atom. The lowest BCUT2D eigenvalue weighted by Gasteiger charge is -1.96. The summed E-state index contributed by atoms with van der Waals surface area (Å²) < 4.78 is 9.83. The van der Waals surface area contributed by atoms with E-state index in [1.807, 2.05) is 12.1 Å². The molecule has 88 valence electrons. The van der Waals surface area contributed by atoms with E-state index >= 15 is 0 Å². The smallest absolute Gasteiger partial charge is 0.309 e. The van der Waals surface area contributed by atoms with Crippen molar-refractivity contribution in [3.8, 4) is 5.88 Å². The third-order valence-corrected chi connectivity index (χ3v) is 2.33. The van der Waals surface area contributed by atoms with Gasteiger partial charge in [-0.2, -0.15) is 0 Å². The number of carbonyl (C=O) groups excluding carboxylic acids is 1. The van der Waals surface area contributed by atoms with Crippen LogP contribution in [0.15, 0.2) is 34.9 Å². The third-order valence-electron chi connectivity index (χ3n) is 2.08. The van der Waals surface area contributed by atoms with Crippen molar-refractivity contribution in [3.05, 3.63) is 46.7 Å². The molecule has 5 heteroatoms. The first-order chi connectivity index (χ1) is 8.13. The van der Waals surface area contributed by atoms with Crippen molar-refractivity contribution in [3.63, 3.8) is 0 Å². The Labute approximate surface area is 103 Å². The summed E-state index contributed by atoms with van der Waals surface area (Å²) in [6, 6.07) is 9.00. The highest BCUT2D eigenvalue weighted by Crippen LogP contribution is 2.17. The highest BCUT2D eigenvalue weighted by Gasteiger charge is 2.07. The molecular weight excluding hydrogens is 242 g/mol. The first-order valence-corrected chi connectivity index (χ1v) is 5.40. The van der Waals surface area contributed by atoms with Crippen LogP contribution in [0.2, 0.25) is 5.02 Å². The second kappa shape index (κ2) is 5.01. The topological polar surface area (TPSA) is 52.3 Å². The van der Waals surface area contributed by atoms with Crippen LogP contribution in [0.1, 0.15) is 18.2 Å². The van der Waals surface area contributed by atoms with E-state index in [4.69, 9.17) is 20.9 Å². The van der Waals surface area contributed by atoms with Crippen LogP contribution in [-0.4, -0.2) is 11.1 Å². The van der Waals surface area contributed by atoms with E-state index in [2.05, 4.69) is 5.16 Å². The summed E-state index contributed by atoms with van der Waals surface area (Å²) in [6.45, 7) is 1.31. The van der Waals surface area contributed by atoms with Gasteiger partial charge in [-0.25, -0.2) is 0 Å². The number of benzene rings is 1. The van der Waals surface area contributed by atoms with Crippen LogP contribution in [0, 0.1) is 0 Å². The van der Waals surface area contributed by atoms with Gasteiger partial charge < -0.3 is 9.26 Å². The van der Waals surface area contributed by atoms with Gasteiger partial charge in [0.15, 0.2) is 0 Å². The molecule has 17 heavy (non-hydrogen) atoms. The molecule has 2 aromatic rings. The maximum atomic E-state index is 10.7.